The first kappa shape index (κ1) is 17.8. The Labute approximate surface area is 141 Å². The fraction of sp³-hybridized carbons (Fsp3) is 0.471. The average Bonchev–Trinajstić information content (AvgIpc) is 3.02. The number of carbonyl (C=O) groups excluding carboxylic acids is 1. The van der Waals surface area contributed by atoms with Crippen LogP contribution in [0.15, 0.2) is 22.6 Å². The van der Waals surface area contributed by atoms with Gasteiger partial charge in [-0.05, 0) is 30.0 Å². The monoisotopic (exact) mass is 333 g/mol. The van der Waals surface area contributed by atoms with Crippen LogP contribution in [-0.4, -0.2) is 36.9 Å². The molecule has 0 aliphatic carbocycles. The fourth-order valence-corrected chi connectivity index (χ4v) is 2.13. The van der Waals surface area contributed by atoms with Gasteiger partial charge in [-0.3, -0.25) is 4.79 Å². The molecule has 7 nitrogen and oxygen atoms in total. The number of carbonyl (C=O) groups is 1. The zero-order chi connectivity index (χ0) is 17.5. The van der Waals surface area contributed by atoms with Crippen LogP contribution in [-0.2, 0) is 6.42 Å². The lowest BCUT2D eigenvalue weighted by Crippen LogP contribution is -2.25. The number of aromatic nitrogens is 2. The SMILES string of the molecule is COc1ccc(Cc2nnc(C(=O)NCCC(C)C)o2)cc1OC. The molecule has 0 bridgehead atoms. The first-order valence-electron chi connectivity index (χ1n) is 7.85. The van der Waals surface area contributed by atoms with Crippen molar-refractivity contribution in [2.24, 2.45) is 5.92 Å². The van der Waals surface area contributed by atoms with Crippen LogP contribution in [0.3, 0.4) is 0 Å². The summed E-state index contributed by atoms with van der Waals surface area (Å²) in [5.41, 5.74) is 0.920. The summed E-state index contributed by atoms with van der Waals surface area (Å²) in [6.07, 6.45) is 1.31. The molecule has 130 valence electrons. The van der Waals surface area contributed by atoms with E-state index in [1.54, 1.807) is 14.2 Å². The molecule has 0 aliphatic rings. The smallest absolute Gasteiger partial charge is 0.308 e. The zero-order valence-electron chi connectivity index (χ0n) is 14.5. The molecule has 0 radical (unpaired) electrons. The summed E-state index contributed by atoms with van der Waals surface area (Å²) >= 11 is 0. The van der Waals surface area contributed by atoms with Crippen molar-refractivity contribution in [3.05, 3.63) is 35.5 Å². The minimum Gasteiger partial charge on any atom is -0.493 e. The Morgan fingerprint density at radius 3 is 2.62 bits per heavy atom. The first-order valence-corrected chi connectivity index (χ1v) is 7.85. The quantitative estimate of drug-likeness (QED) is 0.798. The highest BCUT2D eigenvalue weighted by Gasteiger charge is 2.15. The highest BCUT2D eigenvalue weighted by atomic mass is 16.5. The largest absolute Gasteiger partial charge is 0.493 e. The number of hydrogen-bond acceptors (Lipinski definition) is 6. The molecular weight excluding hydrogens is 310 g/mol. The summed E-state index contributed by atoms with van der Waals surface area (Å²) < 4.78 is 15.9. The van der Waals surface area contributed by atoms with Crippen LogP contribution in [0, 0.1) is 5.92 Å². The summed E-state index contributed by atoms with van der Waals surface area (Å²) in [4.78, 5) is 11.9. The van der Waals surface area contributed by atoms with E-state index in [2.05, 4.69) is 29.4 Å². The van der Waals surface area contributed by atoms with Gasteiger partial charge in [0.15, 0.2) is 11.5 Å². The molecule has 0 aliphatic heterocycles. The third-order valence-electron chi connectivity index (χ3n) is 3.47. The predicted molar refractivity (Wildman–Crippen MR) is 88.4 cm³/mol. The van der Waals surface area contributed by atoms with Crippen LogP contribution >= 0.6 is 0 Å². The minimum atomic E-state index is -0.346. The average molecular weight is 333 g/mol. The molecule has 1 N–H and O–H groups in total. The normalized spacial score (nSPS) is 10.7. The van der Waals surface area contributed by atoms with Gasteiger partial charge in [0, 0.05) is 6.54 Å². The van der Waals surface area contributed by atoms with E-state index in [4.69, 9.17) is 13.9 Å². The summed E-state index contributed by atoms with van der Waals surface area (Å²) in [5, 5.41) is 10.5. The molecule has 7 heteroatoms. The molecule has 1 aromatic carbocycles. The van der Waals surface area contributed by atoms with Crippen LogP contribution < -0.4 is 14.8 Å². The van der Waals surface area contributed by atoms with Gasteiger partial charge in [-0.1, -0.05) is 19.9 Å². The van der Waals surface area contributed by atoms with E-state index in [0.29, 0.717) is 36.3 Å². The van der Waals surface area contributed by atoms with Gasteiger partial charge in [0.05, 0.1) is 20.6 Å². The highest BCUT2D eigenvalue weighted by molar-refractivity contribution is 5.89. The van der Waals surface area contributed by atoms with Crippen molar-refractivity contribution in [1.82, 2.24) is 15.5 Å². The predicted octanol–water partition coefficient (Wildman–Crippen LogP) is 2.45. The molecule has 1 amide bonds. The summed E-state index contributed by atoms with van der Waals surface area (Å²) in [7, 11) is 3.16. The van der Waals surface area contributed by atoms with Gasteiger partial charge in [0.25, 0.3) is 0 Å². The summed E-state index contributed by atoms with van der Waals surface area (Å²) in [5.74, 6) is 1.80. The van der Waals surface area contributed by atoms with Crippen molar-refractivity contribution in [1.29, 1.82) is 0 Å². The second-order valence-electron chi connectivity index (χ2n) is 5.81. The third kappa shape index (κ3) is 4.71. The van der Waals surface area contributed by atoms with Crippen molar-refractivity contribution in [3.63, 3.8) is 0 Å². The maximum atomic E-state index is 11.9. The van der Waals surface area contributed by atoms with E-state index >= 15 is 0 Å². The van der Waals surface area contributed by atoms with Gasteiger partial charge >= 0.3 is 11.8 Å². The van der Waals surface area contributed by atoms with Crippen LogP contribution in [0.4, 0.5) is 0 Å². The van der Waals surface area contributed by atoms with E-state index in [9.17, 15) is 4.79 Å². The van der Waals surface area contributed by atoms with Gasteiger partial charge in [-0.25, -0.2) is 0 Å². The Morgan fingerprint density at radius 2 is 1.96 bits per heavy atom. The first-order chi connectivity index (χ1) is 11.5. The number of hydrogen-bond donors (Lipinski definition) is 1. The Kier molecular flexibility index (Phi) is 6.17. The van der Waals surface area contributed by atoms with Gasteiger partial charge in [-0.15, -0.1) is 10.2 Å². The maximum absolute atomic E-state index is 11.9. The minimum absolute atomic E-state index is 0.0192. The van der Waals surface area contributed by atoms with Crippen LogP contribution in [0.5, 0.6) is 11.5 Å². The highest BCUT2D eigenvalue weighted by Crippen LogP contribution is 2.28. The standard InChI is InChI=1S/C17H23N3O4/c1-11(2)7-8-18-16(21)17-20-19-15(24-17)10-12-5-6-13(22-3)14(9-12)23-4/h5-6,9,11H,7-8,10H2,1-4H3,(H,18,21). The van der Waals surface area contributed by atoms with Gasteiger partial charge < -0.3 is 19.2 Å². The number of benzene rings is 1. The Balaban J connectivity index is 1.99. The number of ether oxygens (including phenoxy) is 2. The van der Waals surface area contributed by atoms with Gasteiger partial charge in [0.1, 0.15) is 0 Å². The fourth-order valence-electron chi connectivity index (χ4n) is 2.13. The number of nitrogens with zero attached hydrogens (tertiary/aromatic N) is 2. The lowest BCUT2D eigenvalue weighted by atomic mass is 10.1. The summed E-state index contributed by atoms with van der Waals surface area (Å²) in [6, 6.07) is 5.53. The molecule has 0 atom stereocenters. The Bertz CT molecular complexity index is 682. The summed E-state index contributed by atoms with van der Waals surface area (Å²) in [6.45, 7) is 4.78. The molecule has 1 heterocycles. The molecule has 1 aromatic heterocycles. The second-order valence-corrected chi connectivity index (χ2v) is 5.81. The lowest BCUT2D eigenvalue weighted by molar-refractivity contribution is 0.0915. The maximum Gasteiger partial charge on any atom is 0.308 e. The number of methoxy groups -OCH3 is 2. The molecule has 2 aromatic rings. The topological polar surface area (TPSA) is 86.5 Å². The molecule has 0 spiro atoms. The molecule has 0 saturated heterocycles. The number of amides is 1. The van der Waals surface area contributed by atoms with E-state index in [-0.39, 0.29) is 11.8 Å². The van der Waals surface area contributed by atoms with Crippen LogP contribution in [0.25, 0.3) is 0 Å². The van der Waals surface area contributed by atoms with Gasteiger partial charge in [-0.2, -0.15) is 0 Å². The van der Waals surface area contributed by atoms with E-state index in [0.717, 1.165) is 12.0 Å². The van der Waals surface area contributed by atoms with Gasteiger partial charge in [0.2, 0.25) is 5.89 Å². The van der Waals surface area contributed by atoms with Crippen molar-refractivity contribution < 1.29 is 18.7 Å². The lowest BCUT2D eigenvalue weighted by Gasteiger charge is -2.08. The Morgan fingerprint density at radius 1 is 1.21 bits per heavy atom. The van der Waals surface area contributed by atoms with Crippen LogP contribution in [0.2, 0.25) is 0 Å². The van der Waals surface area contributed by atoms with Crippen LogP contribution in [0.1, 0.15) is 42.4 Å². The third-order valence-corrected chi connectivity index (χ3v) is 3.47. The van der Waals surface area contributed by atoms with Crippen molar-refractivity contribution >= 4 is 5.91 Å². The number of rotatable bonds is 8. The number of nitrogens with one attached hydrogen (secondary N) is 1. The molecule has 0 fully saturated rings. The van der Waals surface area contributed by atoms with E-state index in [1.165, 1.54) is 0 Å². The van der Waals surface area contributed by atoms with Crippen molar-refractivity contribution in [2.45, 2.75) is 26.7 Å². The zero-order valence-corrected chi connectivity index (χ0v) is 14.5. The van der Waals surface area contributed by atoms with Crippen molar-refractivity contribution in [2.75, 3.05) is 20.8 Å². The molecule has 0 saturated carbocycles. The molecule has 0 unspecified atom stereocenters. The Hall–Kier alpha value is -2.57. The van der Waals surface area contributed by atoms with E-state index < -0.39 is 0 Å². The van der Waals surface area contributed by atoms with Crippen molar-refractivity contribution in [3.8, 4) is 11.5 Å². The molecular formula is C17H23N3O4. The van der Waals surface area contributed by atoms with E-state index in [1.807, 2.05) is 18.2 Å². The molecule has 24 heavy (non-hydrogen) atoms. The molecule has 2 rings (SSSR count). The second kappa shape index (κ2) is 8.33.